The highest BCUT2D eigenvalue weighted by molar-refractivity contribution is 7.22. The summed E-state index contributed by atoms with van der Waals surface area (Å²) in [5.41, 5.74) is 9.08. The quantitative estimate of drug-likeness (QED) is 0.153. The largest absolute Gasteiger partial charge is 0.393 e. The fourth-order valence-corrected chi connectivity index (χ4v) is 5.31. The highest BCUT2D eigenvalue weighted by atomic mass is 32.1. The van der Waals surface area contributed by atoms with E-state index in [1.165, 1.54) is 89.0 Å². The summed E-state index contributed by atoms with van der Waals surface area (Å²) in [4.78, 5) is 13.3. The summed E-state index contributed by atoms with van der Waals surface area (Å²) in [7, 11) is 0. The second-order valence-corrected chi connectivity index (χ2v) is 10.7. The Morgan fingerprint density at radius 2 is 1.40 bits per heavy atom. The molecular formula is C28H44N6S. The van der Waals surface area contributed by atoms with Crippen LogP contribution >= 0.6 is 11.3 Å². The summed E-state index contributed by atoms with van der Waals surface area (Å²) < 4.78 is 1.15. The molecule has 6 nitrogen and oxygen atoms in total. The van der Waals surface area contributed by atoms with Gasteiger partial charge in [0.05, 0.1) is 10.2 Å². The average Bonchev–Trinajstić information content (AvgIpc) is 3.25. The maximum atomic E-state index is 6.34. The Balaban J connectivity index is 1.27. The molecule has 0 fully saturated rings. The SMILES string of the molecule is CCCCCCCCCCCCCCCCNc1ncnc(Nc2nc3ccc(C)cc3s2)c1N. The van der Waals surface area contributed by atoms with Crippen LogP contribution in [-0.4, -0.2) is 21.5 Å². The molecule has 2 heterocycles. The van der Waals surface area contributed by atoms with Crippen LogP contribution in [0.1, 0.15) is 102 Å². The minimum atomic E-state index is 0.535. The molecule has 4 N–H and O–H groups in total. The van der Waals surface area contributed by atoms with Crippen molar-refractivity contribution < 1.29 is 0 Å². The molecule has 7 heteroatoms. The van der Waals surface area contributed by atoms with Gasteiger partial charge in [-0.3, -0.25) is 0 Å². The number of benzene rings is 1. The summed E-state index contributed by atoms with van der Waals surface area (Å²) >= 11 is 1.60. The molecule has 0 unspecified atom stereocenters. The number of nitrogens with two attached hydrogens (primary N) is 1. The van der Waals surface area contributed by atoms with Crippen molar-refractivity contribution in [3.63, 3.8) is 0 Å². The van der Waals surface area contributed by atoms with E-state index in [1.807, 2.05) is 6.07 Å². The van der Waals surface area contributed by atoms with Crippen LogP contribution in [0.25, 0.3) is 10.2 Å². The van der Waals surface area contributed by atoms with Crippen molar-refractivity contribution in [1.82, 2.24) is 15.0 Å². The first-order valence-electron chi connectivity index (χ1n) is 13.7. The Kier molecular flexibility index (Phi) is 12.1. The number of fused-ring (bicyclic) bond motifs is 1. The van der Waals surface area contributed by atoms with Gasteiger partial charge in [-0.2, -0.15) is 0 Å². The van der Waals surface area contributed by atoms with E-state index in [9.17, 15) is 0 Å². The number of nitrogen functional groups attached to an aromatic ring is 1. The fourth-order valence-electron chi connectivity index (χ4n) is 4.35. The second kappa shape index (κ2) is 15.6. The van der Waals surface area contributed by atoms with Gasteiger partial charge >= 0.3 is 0 Å². The first kappa shape index (κ1) is 27.2. The molecule has 0 aliphatic carbocycles. The van der Waals surface area contributed by atoms with Gasteiger partial charge in [-0.25, -0.2) is 15.0 Å². The standard InChI is InChI=1S/C28H44N6S/c1-3-4-5-6-7-8-9-10-11-12-13-14-15-16-19-30-26-25(29)27(32-21-31-26)34-28-33-23-18-17-22(2)20-24(23)35-28/h17-18,20-21H,3-16,19,29H2,1-2H3,(H2,30,31,32,33,34). The molecular weight excluding hydrogens is 452 g/mol. The lowest BCUT2D eigenvalue weighted by Gasteiger charge is -2.11. The third-order valence-electron chi connectivity index (χ3n) is 6.48. The predicted molar refractivity (Wildman–Crippen MR) is 153 cm³/mol. The molecule has 0 aliphatic heterocycles. The van der Waals surface area contributed by atoms with E-state index in [2.05, 4.69) is 51.6 Å². The Morgan fingerprint density at radius 1 is 0.800 bits per heavy atom. The third-order valence-corrected chi connectivity index (χ3v) is 7.41. The topological polar surface area (TPSA) is 88.8 Å². The Labute approximate surface area is 215 Å². The van der Waals surface area contributed by atoms with Crippen molar-refractivity contribution in [2.75, 3.05) is 22.9 Å². The number of hydrogen-bond acceptors (Lipinski definition) is 7. The van der Waals surface area contributed by atoms with Gasteiger partial charge in [-0.1, -0.05) is 108 Å². The van der Waals surface area contributed by atoms with Crippen LogP contribution in [-0.2, 0) is 0 Å². The van der Waals surface area contributed by atoms with E-state index >= 15 is 0 Å². The summed E-state index contributed by atoms with van der Waals surface area (Å²) in [5.74, 6) is 1.29. The Hall–Kier alpha value is -2.41. The number of hydrogen-bond donors (Lipinski definition) is 3. The van der Waals surface area contributed by atoms with E-state index in [0.29, 0.717) is 17.3 Å². The maximum Gasteiger partial charge on any atom is 0.189 e. The summed E-state index contributed by atoms with van der Waals surface area (Å²) in [6.07, 6.45) is 20.7. The number of nitrogens with zero attached hydrogens (tertiary/aromatic N) is 3. The lowest BCUT2D eigenvalue weighted by atomic mass is 10.0. The molecule has 0 saturated carbocycles. The Morgan fingerprint density at radius 3 is 2.06 bits per heavy atom. The molecule has 0 radical (unpaired) electrons. The first-order chi connectivity index (χ1) is 17.2. The van der Waals surface area contributed by atoms with Crippen molar-refractivity contribution >= 4 is 44.0 Å². The van der Waals surface area contributed by atoms with Gasteiger partial charge in [0.2, 0.25) is 0 Å². The number of aryl methyl sites for hydroxylation is 1. The second-order valence-electron chi connectivity index (χ2n) is 9.62. The zero-order chi connectivity index (χ0) is 24.7. The van der Waals surface area contributed by atoms with Crippen LogP contribution in [0.2, 0.25) is 0 Å². The lowest BCUT2D eigenvalue weighted by molar-refractivity contribution is 0.537. The zero-order valence-corrected chi connectivity index (χ0v) is 22.6. The highest BCUT2D eigenvalue weighted by Gasteiger charge is 2.11. The third kappa shape index (κ3) is 9.63. The van der Waals surface area contributed by atoms with Gasteiger partial charge in [-0.05, 0) is 31.0 Å². The molecule has 0 spiro atoms. The van der Waals surface area contributed by atoms with Crippen molar-refractivity contribution in [2.45, 2.75) is 104 Å². The molecule has 0 aliphatic rings. The molecule has 3 aromatic rings. The van der Waals surface area contributed by atoms with E-state index in [-0.39, 0.29) is 0 Å². The number of thiazole rings is 1. The van der Waals surface area contributed by atoms with Gasteiger partial charge < -0.3 is 16.4 Å². The van der Waals surface area contributed by atoms with Crippen LogP contribution in [0.5, 0.6) is 0 Å². The summed E-state index contributed by atoms with van der Waals surface area (Å²) in [6.45, 7) is 5.24. The number of aromatic nitrogens is 3. The molecule has 192 valence electrons. The smallest absolute Gasteiger partial charge is 0.189 e. The number of rotatable bonds is 18. The van der Waals surface area contributed by atoms with Crippen LogP contribution in [0.4, 0.5) is 22.5 Å². The summed E-state index contributed by atoms with van der Waals surface area (Å²) in [5, 5.41) is 7.44. The van der Waals surface area contributed by atoms with Crippen molar-refractivity contribution in [3.8, 4) is 0 Å². The molecule has 0 saturated heterocycles. The first-order valence-corrected chi connectivity index (χ1v) is 14.5. The number of anilines is 4. The van der Waals surface area contributed by atoms with E-state index in [0.717, 1.165) is 28.3 Å². The monoisotopic (exact) mass is 496 g/mol. The number of nitrogens with one attached hydrogen (secondary N) is 2. The van der Waals surface area contributed by atoms with E-state index in [1.54, 1.807) is 17.7 Å². The molecule has 1 aromatic carbocycles. The van der Waals surface area contributed by atoms with Crippen molar-refractivity contribution in [1.29, 1.82) is 0 Å². The minimum absolute atomic E-state index is 0.535. The van der Waals surface area contributed by atoms with Gasteiger partial charge in [0.25, 0.3) is 0 Å². The molecule has 2 aromatic heterocycles. The van der Waals surface area contributed by atoms with Gasteiger partial charge in [-0.15, -0.1) is 0 Å². The zero-order valence-electron chi connectivity index (χ0n) is 21.7. The lowest BCUT2D eigenvalue weighted by Crippen LogP contribution is -2.09. The van der Waals surface area contributed by atoms with Crippen LogP contribution in [0.15, 0.2) is 24.5 Å². The molecule has 0 amide bonds. The van der Waals surface area contributed by atoms with Crippen LogP contribution in [0, 0.1) is 6.92 Å². The predicted octanol–water partition coefficient (Wildman–Crippen LogP) is 8.61. The average molecular weight is 497 g/mol. The van der Waals surface area contributed by atoms with Crippen LogP contribution < -0.4 is 16.4 Å². The van der Waals surface area contributed by atoms with Crippen LogP contribution in [0.3, 0.4) is 0 Å². The van der Waals surface area contributed by atoms with Gasteiger partial charge in [0.1, 0.15) is 12.0 Å². The molecule has 35 heavy (non-hydrogen) atoms. The maximum absolute atomic E-state index is 6.34. The van der Waals surface area contributed by atoms with E-state index in [4.69, 9.17) is 5.73 Å². The van der Waals surface area contributed by atoms with Crippen molar-refractivity contribution in [3.05, 3.63) is 30.1 Å². The normalized spacial score (nSPS) is 11.3. The molecule has 0 bridgehead atoms. The summed E-state index contributed by atoms with van der Waals surface area (Å²) in [6, 6.07) is 6.26. The van der Waals surface area contributed by atoms with Gasteiger partial charge in [0.15, 0.2) is 16.8 Å². The minimum Gasteiger partial charge on any atom is -0.393 e. The van der Waals surface area contributed by atoms with E-state index < -0.39 is 0 Å². The molecule has 3 rings (SSSR count). The fraction of sp³-hybridized carbons (Fsp3) is 0.607. The van der Waals surface area contributed by atoms with Gasteiger partial charge in [0, 0.05) is 6.54 Å². The molecule has 0 atom stereocenters. The highest BCUT2D eigenvalue weighted by Crippen LogP contribution is 2.31. The number of unbranched alkanes of at least 4 members (excludes halogenated alkanes) is 13. The Bertz CT molecular complexity index is 1000. The van der Waals surface area contributed by atoms with Crippen molar-refractivity contribution in [2.24, 2.45) is 0 Å².